The molecule has 0 radical (unpaired) electrons. The number of nitrogens with one attached hydrogen (secondary N) is 1. The number of benzene rings is 1. The molecule has 4 atom stereocenters. The molecule has 1 aromatic carbocycles. The van der Waals surface area contributed by atoms with E-state index in [0.29, 0.717) is 22.7 Å². The minimum atomic E-state index is -0.883. The predicted octanol–water partition coefficient (Wildman–Crippen LogP) is 3.31. The number of anilines is 1. The number of halogens is 2. The van der Waals surface area contributed by atoms with Gasteiger partial charge >= 0.3 is 0 Å². The Morgan fingerprint density at radius 3 is 2.93 bits per heavy atom. The van der Waals surface area contributed by atoms with Crippen molar-refractivity contribution in [1.82, 2.24) is 19.5 Å². The van der Waals surface area contributed by atoms with Gasteiger partial charge in [-0.1, -0.05) is 28.1 Å². The van der Waals surface area contributed by atoms with E-state index in [1.807, 2.05) is 6.07 Å². The van der Waals surface area contributed by atoms with Crippen LogP contribution in [-0.4, -0.2) is 47.7 Å². The second-order valence-corrected chi connectivity index (χ2v) is 9.33. The molecule has 0 amide bonds. The van der Waals surface area contributed by atoms with E-state index in [2.05, 4.69) is 48.3 Å². The fraction of sp³-hybridized carbons (Fsp3) is 0.389. The van der Waals surface area contributed by atoms with Crippen LogP contribution in [0.15, 0.2) is 29.0 Å². The Kier molecular flexibility index (Phi) is 4.75. The van der Waals surface area contributed by atoms with Crippen molar-refractivity contribution < 1.29 is 10.2 Å². The first-order valence-electron chi connectivity index (χ1n) is 8.94. The van der Waals surface area contributed by atoms with Gasteiger partial charge in [0.1, 0.15) is 11.5 Å². The van der Waals surface area contributed by atoms with Crippen molar-refractivity contribution in [2.24, 2.45) is 0 Å². The molecule has 5 rings (SSSR count). The van der Waals surface area contributed by atoms with Crippen molar-refractivity contribution in [3.63, 3.8) is 0 Å². The minimum Gasteiger partial charge on any atom is -0.389 e. The SMILES string of the molecule is O[C@@H]1[C@H](O)CS[C@H]1n1cnc2c(N[C@@H]3CCc4c(Br)cccc43)nc(Cl)nc21. The maximum Gasteiger partial charge on any atom is 0.226 e. The van der Waals surface area contributed by atoms with Crippen LogP contribution in [0.5, 0.6) is 0 Å². The summed E-state index contributed by atoms with van der Waals surface area (Å²) in [6.07, 6.45) is 1.90. The van der Waals surface area contributed by atoms with E-state index in [0.717, 1.165) is 17.3 Å². The van der Waals surface area contributed by atoms with Gasteiger partial charge in [-0.15, -0.1) is 11.8 Å². The summed E-state index contributed by atoms with van der Waals surface area (Å²) >= 11 is 11.3. The van der Waals surface area contributed by atoms with Crippen molar-refractivity contribution in [3.8, 4) is 0 Å². The first kappa shape index (κ1) is 18.6. The Bertz CT molecular complexity index is 1060. The van der Waals surface area contributed by atoms with E-state index in [-0.39, 0.29) is 16.7 Å². The number of fused-ring (bicyclic) bond motifs is 2. The molecule has 0 unspecified atom stereocenters. The molecule has 0 saturated carbocycles. The van der Waals surface area contributed by atoms with Crippen LogP contribution in [-0.2, 0) is 6.42 Å². The van der Waals surface area contributed by atoms with Gasteiger partial charge in [0.15, 0.2) is 17.0 Å². The zero-order valence-corrected chi connectivity index (χ0v) is 17.7. The standard InChI is InChI=1S/C18H17BrClN5O2S/c19-10-3-1-2-9-8(10)4-5-11(9)22-15-13-16(24-18(20)23-15)25(7-21-13)17-14(27)12(26)6-28-17/h1-3,7,11-12,14,17,26-27H,4-6H2,(H,22,23,24)/t11-,12-,14-,17-/m1/s1. The summed E-state index contributed by atoms with van der Waals surface area (Å²) in [5, 5.41) is 23.4. The highest BCUT2D eigenvalue weighted by Crippen LogP contribution is 2.40. The van der Waals surface area contributed by atoms with Gasteiger partial charge in [0.25, 0.3) is 0 Å². The van der Waals surface area contributed by atoms with E-state index in [4.69, 9.17) is 11.6 Å². The third-order valence-corrected chi connectivity index (χ3v) is 7.61. The normalized spacial score (nSPS) is 26.7. The number of aliphatic hydroxyl groups excluding tert-OH is 2. The zero-order chi connectivity index (χ0) is 19.4. The Morgan fingerprint density at radius 2 is 2.14 bits per heavy atom. The lowest BCUT2D eigenvalue weighted by Gasteiger charge is -2.18. The van der Waals surface area contributed by atoms with Gasteiger partial charge in [0.05, 0.1) is 18.5 Å². The fourth-order valence-corrected chi connectivity index (χ4v) is 5.96. The van der Waals surface area contributed by atoms with Crippen LogP contribution in [0, 0.1) is 0 Å². The van der Waals surface area contributed by atoms with E-state index in [1.165, 1.54) is 22.9 Å². The maximum atomic E-state index is 10.3. The average Bonchev–Trinajstić information content (AvgIpc) is 3.35. The van der Waals surface area contributed by atoms with E-state index in [1.54, 1.807) is 10.9 Å². The number of aromatic nitrogens is 4. The largest absolute Gasteiger partial charge is 0.389 e. The summed E-state index contributed by atoms with van der Waals surface area (Å²) in [6, 6.07) is 6.32. The van der Waals surface area contributed by atoms with Crippen molar-refractivity contribution in [2.75, 3.05) is 11.1 Å². The van der Waals surface area contributed by atoms with Crippen LogP contribution < -0.4 is 5.32 Å². The molecule has 10 heteroatoms. The molecule has 3 aromatic rings. The molecular formula is C18H17BrClN5O2S. The third kappa shape index (κ3) is 3.00. The van der Waals surface area contributed by atoms with Gasteiger partial charge in [-0.3, -0.25) is 4.57 Å². The molecule has 0 spiro atoms. The number of nitrogens with zero attached hydrogens (tertiary/aromatic N) is 4. The molecule has 3 N–H and O–H groups in total. The smallest absolute Gasteiger partial charge is 0.226 e. The monoisotopic (exact) mass is 481 g/mol. The van der Waals surface area contributed by atoms with Crippen molar-refractivity contribution in [3.05, 3.63) is 45.4 Å². The second kappa shape index (κ2) is 7.14. The molecular weight excluding hydrogens is 466 g/mol. The van der Waals surface area contributed by atoms with Gasteiger partial charge in [0, 0.05) is 10.2 Å². The second-order valence-electron chi connectivity index (χ2n) is 6.99. The Balaban J connectivity index is 1.53. The van der Waals surface area contributed by atoms with E-state index >= 15 is 0 Å². The number of thioether (sulfide) groups is 1. The summed E-state index contributed by atoms with van der Waals surface area (Å²) < 4.78 is 2.88. The van der Waals surface area contributed by atoms with Crippen LogP contribution in [0.4, 0.5) is 5.82 Å². The van der Waals surface area contributed by atoms with E-state index in [9.17, 15) is 10.2 Å². The van der Waals surface area contributed by atoms with Crippen molar-refractivity contribution in [1.29, 1.82) is 0 Å². The third-order valence-electron chi connectivity index (χ3n) is 5.32. The Hall–Kier alpha value is -1.39. The molecule has 2 aliphatic rings. The van der Waals surface area contributed by atoms with Crippen molar-refractivity contribution in [2.45, 2.75) is 36.5 Å². The molecule has 28 heavy (non-hydrogen) atoms. The zero-order valence-electron chi connectivity index (χ0n) is 14.6. The Morgan fingerprint density at radius 1 is 1.29 bits per heavy atom. The van der Waals surface area contributed by atoms with Crippen LogP contribution in [0.2, 0.25) is 5.28 Å². The lowest BCUT2D eigenvalue weighted by Crippen LogP contribution is -2.27. The number of hydrogen-bond acceptors (Lipinski definition) is 7. The van der Waals surface area contributed by atoms with Gasteiger partial charge in [-0.05, 0) is 41.6 Å². The minimum absolute atomic E-state index is 0.111. The summed E-state index contributed by atoms with van der Waals surface area (Å²) in [7, 11) is 0. The Labute approximate surface area is 178 Å². The first-order chi connectivity index (χ1) is 13.5. The molecule has 1 fully saturated rings. The summed E-state index contributed by atoms with van der Waals surface area (Å²) in [4.78, 5) is 13.2. The van der Waals surface area contributed by atoms with E-state index < -0.39 is 12.2 Å². The van der Waals surface area contributed by atoms with Gasteiger partial charge in [-0.2, -0.15) is 9.97 Å². The topological polar surface area (TPSA) is 96.1 Å². The lowest BCUT2D eigenvalue weighted by molar-refractivity contribution is 0.0313. The quantitative estimate of drug-likeness (QED) is 0.493. The molecule has 0 bridgehead atoms. The highest BCUT2D eigenvalue weighted by atomic mass is 79.9. The highest BCUT2D eigenvalue weighted by molar-refractivity contribution is 9.10. The number of rotatable bonds is 3. The number of aliphatic hydroxyl groups is 2. The summed E-state index contributed by atoms with van der Waals surface area (Å²) in [5.74, 6) is 1.04. The lowest BCUT2D eigenvalue weighted by atomic mass is 10.1. The van der Waals surface area contributed by atoms with Crippen LogP contribution in [0.1, 0.15) is 29.0 Å². The molecule has 7 nitrogen and oxygen atoms in total. The molecule has 2 aromatic heterocycles. The molecule has 146 valence electrons. The number of hydrogen-bond donors (Lipinski definition) is 3. The van der Waals surface area contributed by atoms with Crippen LogP contribution in [0.25, 0.3) is 11.2 Å². The summed E-state index contributed by atoms with van der Waals surface area (Å²) in [6.45, 7) is 0. The van der Waals surface area contributed by atoms with Crippen LogP contribution in [0.3, 0.4) is 0 Å². The van der Waals surface area contributed by atoms with Gasteiger partial charge < -0.3 is 15.5 Å². The fourth-order valence-electron chi connectivity index (χ4n) is 3.93. The molecule has 1 aliphatic carbocycles. The average molecular weight is 483 g/mol. The van der Waals surface area contributed by atoms with Gasteiger partial charge in [-0.25, -0.2) is 4.98 Å². The molecule has 1 aliphatic heterocycles. The maximum absolute atomic E-state index is 10.3. The molecule has 3 heterocycles. The van der Waals surface area contributed by atoms with Crippen LogP contribution >= 0.6 is 39.3 Å². The van der Waals surface area contributed by atoms with Crippen molar-refractivity contribution >= 4 is 56.3 Å². The highest BCUT2D eigenvalue weighted by Gasteiger charge is 2.37. The summed E-state index contributed by atoms with van der Waals surface area (Å²) in [5.41, 5.74) is 3.69. The molecule has 1 saturated heterocycles. The van der Waals surface area contributed by atoms with Gasteiger partial charge in [0.2, 0.25) is 5.28 Å². The first-order valence-corrected chi connectivity index (χ1v) is 11.2. The predicted molar refractivity (Wildman–Crippen MR) is 113 cm³/mol. The number of imidazole rings is 1.